The Kier molecular flexibility index (Phi) is 4.26. The molecule has 0 atom stereocenters. The lowest BCUT2D eigenvalue weighted by Gasteiger charge is -2.35. The van der Waals surface area contributed by atoms with Crippen molar-refractivity contribution in [3.8, 4) is 0 Å². The highest BCUT2D eigenvalue weighted by Gasteiger charge is 2.22. The SMILES string of the molecule is CC(=O)N1CCN(c2cc(N3CCCc4ccccc43)ncn2)CC1. The van der Waals surface area contributed by atoms with E-state index in [2.05, 4.69) is 50.1 Å². The smallest absolute Gasteiger partial charge is 0.219 e. The topological polar surface area (TPSA) is 52.6 Å². The van der Waals surface area contributed by atoms with Crippen molar-refractivity contribution in [2.75, 3.05) is 42.5 Å². The minimum absolute atomic E-state index is 0.146. The van der Waals surface area contributed by atoms with Crippen molar-refractivity contribution >= 4 is 23.2 Å². The van der Waals surface area contributed by atoms with Gasteiger partial charge >= 0.3 is 0 Å². The molecule has 1 aromatic carbocycles. The monoisotopic (exact) mass is 337 g/mol. The molecule has 0 bridgehead atoms. The van der Waals surface area contributed by atoms with Crippen molar-refractivity contribution < 1.29 is 4.79 Å². The standard InChI is InChI=1S/C19H23N5O/c1-15(25)22-9-11-23(12-10-22)18-13-19(21-14-20-18)24-8-4-6-16-5-2-3-7-17(16)24/h2-3,5,7,13-14H,4,6,8-12H2,1H3. The number of carbonyl (C=O) groups excluding carboxylic acids is 1. The van der Waals surface area contributed by atoms with Crippen molar-refractivity contribution in [1.29, 1.82) is 0 Å². The summed E-state index contributed by atoms with van der Waals surface area (Å²) in [6.45, 7) is 5.74. The van der Waals surface area contributed by atoms with Gasteiger partial charge < -0.3 is 14.7 Å². The molecule has 4 rings (SSSR count). The molecule has 2 aliphatic rings. The van der Waals surface area contributed by atoms with E-state index in [0.29, 0.717) is 0 Å². The van der Waals surface area contributed by atoms with Crippen molar-refractivity contribution in [3.05, 3.63) is 42.2 Å². The molecule has 0 unspecified atom stereocenters. The fourth-order valence-corrected chi connectivity index (χ4v) is 3.68. The molecule has 0 spiro atoms. The molecule has 0 aliphatic carbocycles. The average molecular weight is 337 g/mol. The Balaban J connectivity index is 1.56. The van der Waals surface area contributed by atoms with E-state index in [0.717, 1.165) is 57.2 Å². The van der Waals surface area contributed by atoms with Gasteiger partial charge in [-0.05, 0) is 24.5 Å². The van der Waals surface area contributed by atoms with Crippen LogP contribution in [0, 0.1) is 0 Å². The Bertz CT molecular complexity index is 770. The number of hydrogen-bond donors (Lipinski definition) is 0. The number of carbonyl (C=O) groups is 1. The first-order valence-corrected chi connectivity index (χ1v) is 8.90. The molecular formula is C19H23N5O. The number of nitrogens with zero attached hydrogens (tertiary/aromatic N) is 5. The normalized spacial score (nSPS) is 17.4. The molecule has 0 saturated carbocycles. The Morgan fingerprint density at radius 1 is 1.00 bits per heavy atom. The van der Waals surface area contributed by atoms with E-state index in [1.54, 1.807) is 13.3 Å². The van der Waals surface area contributed by atoms with E-state index in [1.807, 2.05) is 4.90 Å². The van der Waals surface area contributed by atoms with Crippen LogP contribution in [-0.2, 0) is 11.2 Å². The number of hydrogen-bond acceptors (Lipinski definition) is 5. The molecule has 1 amide bonds. The van der Waals surface area contributed by atoms with Crippen LogP contribution in [0.3, 0.4) is 0 Å². The van der Waals surface area contributed by atoms with Gasteiger partial charge in [0.1, 0.15) is 18.0 Å². The zero-order valence-corrected chi connectivity index (χ0v) is 14.6. The number of benzene rings is 1. The molecular weight excluding hydrogens is 314 g/mol. The number of aryl methyl sites for hydroxylation is 1. The number of amides is 1. The summed E-state index contributed by atoms with van der Waals surface area (Å²) in [5.74, 6) is 2.04. The Labute approximate surface area is 148 Å². The molecule has 2 aliphatic heterocycles. The summed E-state index contributed by atoms with van der Waals surface area (Å²) in [7, 11) is 0. The highest BCUT2D eigenvalue weighted by atomic mass is 16.2. The summed E-state index contributed by atoms with van der Waals surface area (Å²) >= 11 is 0. The molecule has 6 nitrogen and oxygen atoms in total. The number of para-hydroxylation sites is 1. The van der Waals surface area contributed by atoms with Crippen LogP contribution in [0.2, 0.25) is 0 Å². The third kappa shape index (κ3) is 3.16. The zero-order valence-electron chi connectivity index (χ0n) is 14.6. The third-order valence-corrected chi connectivity index (χ3v) is 5.07. The fourth-order valence-electron chi connectivity index (χ4n) is 3.68. The van der Waals surface area contributed by atoms with Gasteiger partial charge in [-0.1, -0.05) is 18.2 Å². The van der Waals surface area contributed by atoms with Crippen LogP contribution in [0.1, 0.15) is 18.9 Å². The van der Waals surface area contributed by atoms with Crippen LogP contribution >= 0.6 is 0 Å². The zero-order chi connectivity index (χ0) is 17.2. The van der Waals surface area contributed by atoms with Crippen molar-refractivity contribution in [1.82, 2.24) is 14.9 Å². The van der Waals surface area contributed by atoms with Crippen LogP contribution in [0.15, 0.2) is 36.7 Å². The van der Waals surface area contributed by atoms with Crippen LogP contribution in [0.25, 0.3) is 0 Å². The molecule has 130 valence electrons. The van der Waals surface area contributed by atoms with E-state index in [1.165, 1.54) is 11.3 Å². The minimum Gasteiger partial charge on any atom is -0.353 e. The second kappa shape index (κ2) is 6.70. The van der Waals surface area contributed by atoms with Gasteiger partial charge in [-0.3, -0.25) is 4.79 Å². The van der Waals surface area contributed by atoms with E-state index < -0.39 is 0 Å². The quantitative estimate of drug-likeness (QED) is 0.841. The van der Waals surface area contributed by atoms with Gasteiger partial charge in [0.05, 0.1) is 0 Å². The third-order valence-electron chi connectivity index (χ3n) is 5.07. The van der Waals surface area contributed by atoms with Crippen molar-refractivity contribution in [3.63, 3.8) is 0 Å². The van der Waals surface area contributed by atoms with Gasteiger partial charge in [-0.25, -0.2) is 9.97 Å². The number of fused-ring (bicyclic) bond motifs is 1. The Morgan fingerprint density at radius 2 is 1.76 bits per heavy atom. The van der Waals surface area contributed by atoms with Crippen molar-refractivity contribution in [2.45, 2.75) is 19.8 Å². The molecule has 1 aromatic heterocycles. The first-order valence-electron chi connectivity index (χ1n) is 8.90. The molecule has 6 heteroatoms. The van der Waals surface area contributed by atoms with E-state index in [4.69, 9.17) is 0 Å². The van der Waals surface area contributed by atoms with Gasteiger partial charge in [-0.15, -0.1) is 0 Å². The summed E-state index contributed by atoms with van der Waals surface area (Å²) in [4.78, 5) is 26.9. The highest BCUT2D eigenvalue weighted by Crippen LogP contribution is 2.33. The van der Waals surface area contributed by atoms with Gasteiger partial charge in [-0.2, -0.15) is 0 Å². The molecule has 0 N–H and O–H groups in total. The second-order valence-corrected chi connectivity index (χ2v) is 6.61. The summed E-state index contributed by atoms with van der Waals surface area (Å²) in [6, 6.07) is 10.6. The second-order valence-electron chi connectivity index (χ2n) is 6.61. The number of aromatic nitrogens is 2. The number of anilines is 3. The summed E-state index contributed by atoms with van der Waals surface area (Å²) in [6.07, 6.45) is 3.91. The van der Waals surface area contributed by atoms with Crippen LogP contribution in [0.5, 0.6) is 0 Å². The number of rotatable bonds is 2. The maximum Gasteiger partial charge on any atom is 0.219 e. The first kappa shape index (κ1) is 15.9. The molecule has 1 fully saturated rings. The van der Waals surface area contributed by atoms with E-state index in [-0.39, 0.29) is 5.91 Å². The van der Waals surface area contributed by atoms with E-state index in [9.17, 15) is 4.79 Å². The minimum atomic E-state index is 0.146. The average Bonchev–Trinajstić information content (AvgIpc) is 2.68. The lowest BCUT2D eigenvalue weighted by atomic mass is 10.0. The Morgan fingerprint density at radius 3 is 2.56 bits per heavy atom. The summed E-state index contributed by atoms with van der Waals surface area (Å²) in [5.41, 5.74) is 2.63. The molecule has 3 heterocycles. The number of piperazine rings is 1. The van der Waals surface area contributed by atoms with Crippen LogP contribution in [0.4, 0.5) is 17.3 Å². The highest BCUT2D eigenvalue weighted by molar-refractivity contribution is 5.73. The largest absolute Gasteiger partial charge is 0.353 e. The van der Waals surface area contributed by atoms with Crippen molar-refractivity contribution in [2.24, 2.45) is 0 Å². The molecule has 2 aromatic rings. The Hall–Kier alpha value is -2.63. The van der Waals surface area contributed by atoms with Gasteiger partial charge in [0.25, 0.3) is 0 Å². The maximum atomic E-state index is 11.5. The summed E-state index contributed by atoms with van der Waals surface area (Å²) in [5, 5.41) is 0. The lowest BCUT2D eigenvalue weighted by molar-refractivity contribution is -0.129. The van der Waals surface area contributed by atoms with Gasteiger partial charge in [0.2, 0.25) is 5.91 Å². The predicted molar refractivity (Wildman–Crippen MR) is 98.3 cm³/mol. The molecule has 25 heavy (non-hydrogen) atoms. The van der Waals surface area contributed by atoms with Gasteiger partial charge in [0.15, 0.2) is 0 Å². The van der Waals surface area contributed by atoms with Gasteiger partial charge in [0, 0.05) is 51.4 Å². The van der Waals surface area contributed by atoms with Crippen LogP contribution in [-0.4, -0.2) is 53.5 Å². The fraction of sp³-hybridized carbons (Fsp3) is 0.421. The lowest BCUT2D eigenvalue weighted by Crippen LogP contribution is -2.48. The summed E-state index contributed by atoms with van der Waals surface area (Å²) < 4.78 is 0. The maximum absolute atomic E-state index is 11.5. The first-order chi connectivity index (χ1) is 12.2. The van der Waals surface area contributed by atoms with E-state index >= 15 is 0 Å². The molecule has 1 saturated heterocycles. The molecule has 0 radical (unpaired) electrons. The predicted octanol–water partition coefficient (Wildman–Crippen LogP) is 2.23. The van der Waals surface area contributed by atoms with Crippen LogP contribution < -0.4 is 9.80 Å².